The van der Waals surface area contributed by atoms with Crippen LogP contribution in [0, 0.1) is 5.92 Å². The Morgan fingerprint density at radius 3 is 3.07 bits per heavy atom. The second-order valence-corrected chi connectivity index (χ2v) is 3.84. The third-order valence-electron chi connectivity index (χ3n) is 2.60. The molecule has 0 spiro atoms. The van der Waals surface area contributed by atoms with E-state index in [1.54, 1.807) is 0 Å². The van der Waals surface area contributed by atoms with Crippen LogP contribution in [0.3, 0.4) is 0 Å². The van der Waals surface area contributed by atoms with Gasteiger partial charge in [-0.2, -0.15) is 0 Å². The van der Waals surface area contributed by atoms with Crippen molar-refractivity contribution in [1.29, 1.82) is 0 Å². The highest BCUT2D eigenvalue weighted by Gasteiger charge is 2.16. The molecule has 1 amide bonds. The summed E-state index contributed by atoms with van der Waals surface area (Å²) in [7, 11) is 0. The molecular formula is C10H20N2O2. The molecule has 0 saturated carbocycles. The van der Waals surface area contributed by atoms with Gasteiger partial charge in [0.05, 0.1) is 12.6 Å². The predicted molar refractivity (Wildman–Crippen MR) is 54.8 cm³/mol. The zero-order valence-corrected chi connectivity index (χ0v) is 8.79. The summed E-state index contributed by atoms with van der Waals surface area (Å²) in [6, 6.07) is -0.362. The summed E-state index contributed by atoms with van der Waals surface area (Å²) in [5, 5.41) is 2.86. The summed E-state index contributed by atoms with van der Waals surface area (Å²) in [6.45, 7) is 4.24. The molecule has 82 valence electrons. The number of rotatable bonds is 4. The SMILES string of the molecule is CC[C@H](N)C(=O)NCC1CCCOC1. The molecule has 1 aliphatic heterocycles. The van der Waals surface area contributed by atoms with Gasteiger partial charge in [-0.3, -0.25) is 4.79 Å². The molecule has 0 aliphatic carbocycles. The number of ether oxygens (including phenoxy) is 1. The lowest BCUT2D eigenvalue weighted by Crippen LogP contribution is -2.43. The lowest BCUT2D eigenvalue weighted by molar-refractivity contribution is -0.122. The van der Waals surface area contributed by atoms with Crippen molar-refractivity contribution in [3.8, 4) is 0 Å². The van der Waals surface area contributed by atoms with E-state index in [0.29, 0.717) is 18.9 Å². The Morgan fingerprint density at radius 1 is 1.71 bits per heavy atom. The molecule has 0 bridgehead atoms. The molecule has 14 heavy (non-hydrogen) atoms. The average Bonchev–Trinajstić information content (AvgIpc) is 2.26. The fraction of sp³-hybridized carbons (Fsp3) is 0.900. The third-order valence-corrected chi connectivity index (χ3v) is 2.60. The highest BCUT2D eigenvalue weighted by molar-refractivity contribution is 5.81. The quantitative estimate of drug-likeness (QED) is 0.684. The first-order valence-corrected chi connectivity index (χ1v) is 5.35. The van der Waals surface area contributed by atoms with Crippen LogP contribution in [-0.4, -0.2) is 31.7 Å². The number of amides is 1. The summed E-state index contributed by atoms with van der Waals surface area (Å²) in [6.07, 6.45) is 2.93. The molecule has 1 saturated heterocycles. The van der Waals surface area contributed by atoms with Gasteiger partial charge < -0.3 is 15.8 Å². The largest absolute Gasteiger partial charge is 0.381 e. The fourth-order valence-electron chi connectivity index (χ4n) is 1.53. The second-order valence-electron chi connectivity index (χ2n) is 3.84. The van der Waals surface area contributed by atoms with E-state index in [1.165, 1.54) is 0 Å². The number of carbonyl (C=O) groups is 1. The topological polar surface area (TPSA) is 64.4 Å². The maximum absolute atomic E-state index is 11.3. The minimum atomic E-state index is -0.362. The molecule has 1 unspecified atom stereocenters. The van der Waals surface area contributed by atoms with E-state index in [-0.39, 0.29) is 11.9 Å². The van der Waals surface area contributed by atoms with E-state index in [0.717, 1.165) is 26.1 Å². The van der Waals surface area contributed by atoms with E-state index < -0.39 is 0 Å². The first-order chi connectivity index (χ1) is 6.74. The minimum absolute atomic E-state index is 0.0435. The third kappa shape index (κ3) is 3.64. The molecule has 1 rings (SSSR count). The zero-order chi connectivity index (χ0) is 10.4. The van der Waals surface area contributed by atoms with Gasteiger partial charge in [-0.15, -0.1) is 0 Å². The van der Waals surface area contributed by atoms with E-state index in [4.69, 9.17) is 10.5 Å². The first-order valence-electron chi connectivity index (χ1n) is 5.35. The molecule has 4 heteroatoms. The van der Waals surface area contributed by atoms with Crippen LogP contribution in [0.5, 0.6) is 0 Å². The van der Waals surface area contributed by atoms with Crippen LogP contribution in [0.15, 0.2) is 0 Å². The highest BCUT2D eigenvalue weighted by Crippen LogP contribution is 2.11. The van der Waals surface area contributed by atoms with E-state index >= 15 is 0 Å². The van der Waals surface area contributed by atoms with Gasteiger partial charge in [-0.25, -0.2) is 0 Å². The monoisotopic (exact) mass is 200 g/mol. The summed E-state index contributed by atoms with van der Waals surface area (Å²) >= 11 is 0. The van der Waals surface area contributed by atoms with Crippen LogP contribution < -0.4 is 11.1 Å². The first kappa shape index (κ1) is 11.5. The van der Waals surface area contributed by atoms with Gasteiger partial charge in [0.2, 0.25) is 5.91 Å². The predicted octanol–water partition coefficient (Wildman–Crippen LogP) is 0.267. The zero-order valence-electron chi connectivity index (χ0n) is 8.79. The van der Waals surface area contributed by atoms with E-state index in [2.05, 4.69) is 5.32 Å². The van der Waals surface area contributed by atoms with E-state index in [9.17, 15) is 4.79 Å². The van der Waals surface area contributed by atoms with Gasteiger partial charge in [0, 0.05) is 13.2 Å². The van der Waals surface area contributed by atoms with Crippen molar-refractivity contribution in [2.75, 3.05) is 19.8 Å². The molecule has 1 aliphatic rings. The van der Waals surface area contributed by atoms with Crippen molar-refractivity contribution in [3.05, 3.63) is 0 Å². The second kappa shape index (κ2) is 5.98. The van der Waals surface area contributed by atoms with Gasteiger partial charge >= 0.3 is 0 Å². The number of carbonyl (C=O) groups excluding carboxylic acids is 1. The van der Waals surface area contributed by atoms with Gasteiger partial charge in [-0.1, -0.05) is 6.92 Å². The minimum Gasteiger partial charge on any atom is -0.381 e. The van der Waals surface area contributed by atoms with Crippen molar-refractivity contribution < 1.29 is 9.53 Å². The molecular weight excluding hydrogens is 180 g/mol. The summed E-state index contributed by atoms with van der Waals surface area (Å²) < 4.78 is 5.32. The Balaban J connectivity index is 2.15. The Morgan fingerprint density at radius 2 is 2.50 bits per heavy atom. The Bertz CT molecular complexity index is 179. The van der Waals surface area contributed by atoms with E-state index in [1.807, 2.05) is 6.92 Å². The van der Waals surface area contributed by atoms with Crippen LogP contribution >= 0.6 is 0 Å². The summed E-state index contributed by atoms with van der Waals surface area (Å²) in [4.78, 5) is 11.3. The standard InChI is InChI=1S/C10H20N2O2/c1-2-9(11)10(13)12-6-8-4-3-5-14-7-8/h8-9H,2-7,11H2,1H3,(H,12,13)/t8?,9-/m0/s1. The molecule has 0 aromatic rings. The van der Waals surface area contributed by atoms with Gasteiger partial charge in [-0.05, 0) is 25.2 Å². The van der Waals surface area contributed by atoms with Crippen LogP contribution in [0.2, 0.25) is 0 Å². The van der Waals surface area contributed by atoms with Crippen LogP contribution in [0.1, 0.15) is 26.2 Å². The van der Waals surface area contributed by atoms with Crippen molar-refractivity contribution in [2.24, 2.45) is 11.7 Å². The normalized spacial score (nSPS) is 24.3. The maximum atomic E-state index is 11.3. The molecule has 1 heterocycles. The van der Waals surface area contributed by atoms with Gasteiger partial charge in [0.25, 0.3) is 0 Å². The number of nitrogens with two attached hydrogens (primary N) is 1. The van der Waals surface area contributed by atoms with Crippen molar-refractivity contribution in [1.82, 2.24) is 5.32 Å². The van der Waals surface area contributed by atoms with Crippen molar-refractivity contribution in [2.45, 2.75) is 32.2 Å². The Kier molecular flexibility index (Phi) is 4.90. The molecule has 0 radical (unpaired) electrons. The van der Waals surface area contributed by atoms with Gasteiger partial charge in [0.1, 0.15) is 0 Å². The molecule has 0 aromatic heterocycles. The maximum Gasteiger partial charge on any atom is 0.236 e. The highest BCUT2D eigenvalue weighted by atomic mass is 16.5. The molecule has 0 aromatic carbocycles. The molecule has 2 atom stereocenters. The van der Waals surface area contributed by atoms with Crippen molar-refractivity contribution >= 4 is 5.91 Å². The Hall–Kier alpha value is -0.610. The Labute approximate surface area is 85.2 Å². The van der Waals surface area contributed by atoms with Crippen LogP contribution in [0.4, 0.5) is 0 Å². The smallest absolute Gasteiger partial charge is 0.236 e. The average molecular weight is 200 g/mol. The van der Waals surface area contributed by atoms with Crippen LogP contribution in [-0.2, 0) is 9.53 Å². The lowest BCUT2D eigenvalue weighted by atomic mass is 10.0. The molecule has 1 fully saturated rings. The molecule has 3 N–H and O–H groups in total. The number of hydrogen-bond acceptors (Lipinski definition) is 3. The number of hydrogen-bond donors (Lipinski definition) is 2. The van der Waals surface area contributed by atoms with Crippen LogP contribution in [0.25, 0.3) is 0 Å². The number of nitrogens with one attached hydrogen (secondary N) is 1. The fourth-order valence-corrected chi connectivity index (χ4v) is 1.53. The van der Waals surface area contributed by atoms with Crippen molar-refractivity contribution in [3.63, 3.8) is 0 Å². The summed E-state index contributed by atoms with van der Waals surface area (Å²) in [5.74, 6) is 0.426. The van der Waals surface area contributed by atoms with Gasteiger partial charge in [0.15, 0.2) is 0 Å². The molecule has 4 nitrogen and oxygen atoms in total. The lowest BCUT2D eigenvalue weighted by Gasteiger charge is -2.22. The summed E-state index contributed by atoms with van der Waals surface area (Å²) in [5.41, 5.74) is 5.59.